The Balaban J connectivity index is 1.81. The average molecular weight is 377 g/mol. The zero-order valence-electron chi connectivity index (χ0n) is 16.2. The van der Waals surface area contributed by atoms with Crippen molar-refractivity contribution in [1.29, 1.82) is 0 Å². The minimum Gasteiger partial charge on any atom is -0.381 e. The second-order valence-electron chi connectivity index (χ2n) is 6.65. The molecule has 0 radical (unpaired) electrons. The molecule has 1 aromatic heterocycles. The molecule has 0 spiro atoms. The summed E-state index contributed by atoms with van der Waals surface area (Å²) in [5.41, 5.74) is 2.65. The minimum absolute atomic E-state index is 0.333. The van der Waals surface area contributed by atoms with Gasteiger partial charge in [0.25, 0.3) is 0 Å². The zero-order valence-corrected chi connectivity index (χ0v) is 16.2. The standard InChI is InChI=1S/C22H24FN5/c1-4-10-28(3)11-9-24-21-14-20-18(13-19(21)23)22(26-15-25-20)27-17-8-6-7-16(5-2)12-17/h2,6-8,12-15,24H,4,9-11H2,1,3H3,(H,25,26,27). The van der Waals surface area contributed by atoms with E-state index in [9.17, 15) is 4.39 Å². The highest BCUT2D eigenvalue weighted by Crippen LogP contribution is 2.27. The van der Waals surface area contributed by atoms with E-state index in [1.54, 1.807) is 6.07 Å². The Labute approximate surface area is 165 Å². The van der Waals surface area contributed by atoms with E-state index in [0.29, 0.717) is 29.0 Å². The maximum absolute atomic E-state index is 14.6. The molecule has 0 bridgehead atoms. The molecule has 0 saturated carbocycles. The summed E-state index contributed by atoms with van der Waals surface area (Å²) in [5, 5.41) is 6.97. The highest BCUT2D eigenvalue weighted by Gasteiger charge is 2.10. The van der Waals surface area contributed by atoms with Gasteiger partial charge >= 0.3 is 0 Å². The summed E-state index contributed by atoms with van der Waals surface area (Å²) < 4.78 is 14.6. The first kappa shape index (κ1) is 19.6. The van der Waals surface area contributed by atoms with E-state index in [2.05, 4.69) is 45.4 Å². The minimum atomic E-state index is -0.333. The Kier molecular flexibility index (Phi) is 6.41. The Bertz CT molecular complexity index is 996. The molecule has 0 aliphatic rings. The summed E-state index contributed by atoms with van der Waals surface area (Å²) in [6.45, 7) is 4.66. The zero-order chi connectivity index (χ0) is 19.9. The van der Waals surface area contributed by atoms with Crippen molar-refractivity contribution in [2.75, 3.05) is 37.3 Å². The molecule has 1 heterocycles. The summed E-state index contributed by atoms with van der Waals surface area (Å²) in [6, 6.07) is 10.6. The number of nitrogens with one attached hydrogen (secondary N) is 2. The van der Waals surface area contributed by atoms with Crippen LogP contribution in [0.4, 0.5) is 21.6 Å². The first-order valence-corrected chi connectivity index (χ1v) is 9.31. The fourth-order valence-electron chi connectivity index (χ4n) is 3.01. The molecule has 0 unspecified atom stereocenters. The van der Waals surface area contributed by atoms with E-state index in [1.807, 2.05) is 24.3 Å². The number of rotatable bonds is 8. The maximum atomic E-state index is 14.6. The van der Waals surface area contributed by atoms with E-state index >= 15 is 0 Å². The van der Waals surface area contributed by atoms with Gasteiger partial charge in [-0.3, -0.25) is 0 Å². The summed E-state index contributed by atoms with van der Waals surface area (Å²) >= 11 is 0. The molecule has 3 aromatic rings. The van der Waals surface area contributed by atoms with Crippen LogP contribution in [0.25, 0.3) is 10.9 Å². The third kappa shape index (κ3) is 4.76. The van der Waals surface area contributed by atoms with E-state index in [4.69, 9.17) is 6.42 Å². The van der Waals surface area contributed by atoms with Crippen LogP contribution in [0.2, 0.25) is 0 Å². The number of nitrogens with zero attached hydrogens (tertiary/aromatic N) is 3. The van der Waals surface area contributed by atoms with Gasteiger partial charge in [-0.2, -0.15) is 0 Å². The average Bonchev–Trinajstić information content (AvgIpc) is 2.69. The van der Waals surface area contributed by atoms with Gasteiger partial charge in [0, 0.05) is 29.7 Å². The SMILES string of the molecule is C#Cc1cccc(Nc2ncnc3cc(NCCN(C)CCC)c(F)cc23)c1. The van der Waals surface area contributed by atoms with Gasteiger partial charge in [-0.1, -0.05) is 18.9 Å². The summed E-state index contributed by atoms with van der Waals surface area (Å²) in [6.07, 6.45) is 8.01. The summed E-state index contributed by atoms with van der Waals surface area (Å²) in [4.78, 5) is 10.8. The van der Waals surface area contributed by atoms with Gasteiger partial charge in [0.1, 0.15) is 18.0 Å². The molecule has 0 aliphatic heterocycles. The van der Waals surface area contributed by atoms with E-state index < -0.39 is 0 Å². The first-order chi connectivity index (χ1) is 13.6. The number of terminal acetylenes is 1. The molecule has 0 atom stereocenters. The molecule has 3 rings (SSSR count). The monoisotopic (exact) mass is 377 g/mol. The van der Waals surface area contributed by atoms with Crippen molar-refractivity contribution in [3.05, 3.63) is 54.1 Å². The molecule has 28 heavy (non-hydrogen) atoms. The summed E-state index contributed by atoms with van der Waals surface area (Å²) in [5.74, 6) is 2.80. The highest BCUT2D eigenvalue weighted by molar-refractivity contribution is 5.92. The molecule has 6 heteroatoms. The van der Waals surface area contributed by atoms with Crippen molar-refractivity contribution in [2.24, 2.45) is 0 Å². The van der Waals surface area contributed by atoms with Crippen molar-refractivity contribution >= 4 is 28.1 Å². The number of aromatic nitrogens is 2. The van der Waals surface area contributed by atoms with Gasteiger partial charge in [0.15, 0.2) is 0 Å². The van der Waals surface area contributed by atoms with Gasteiger partial charge in [0.05, 0.1) is 11.2 Å². The Hall–Kier alpha value is -3.17. The second-order valence-corrected chi connectivity index (χ2v) is 6.65. The Morgan fingerprint density at radius 1 is 1.18 bits per heavy atom. The highest BCUT2D eigenvalue weighted by atomic mass is 19.1. The topological polar surface area (TPSA) is 53.1 Å². The van der Waals surface area contributed by atoms with Gasteiger partial charge in [-0.15, -0.1) is 6.42 Å². The quantitative estimate of drug-likeness (QED) is 0.575. The van der Waals surface area contributed by atoms with E-state index in [0.717, 1.165) is 30.8 Å². The van der Waals surface area contributed by atoms with Crippen molar-refractivity contribution in [3.63, 3.8) is 0 Å². The smallest absolute Gasteiger partial charge is 0.147 e. The molecular formula is C22H24FN5. The van der Waals surface area contributed by atoms with Crippen LogP contribution < -0.4 is 10.6 Å². The molecule has 5 nitrogen and oxygen atoms in total. The molecule has 2 N–H and O–H groups in total. The van der Waals surface area contributed by atoms with Gasteiger partial charge in [-0.25, -0.2) is 14.4 Å². The lowest BCUT2D eigenvalue weighted by atomic mass is 10.1. The predicted octanol–water partition coefficient (Wildman–Crippen LogP) is 4.25. The van der Waals surface area contributed by atoms with Crippen LogP contribution in [-0.4, -0.2) is 41.5 Å². The summed E-state index contributed by atoms with van der Waals surface area (Å²) in [7, 11) is 2.06. The molecule has 144 valence electrons. The van der Waals surface area contributed by atoms with Crippen molar-refractivity contribution in [1.82, 2.24) is 14.9 Å². The molecule has 0 saturated heterocycles. The number of halogens is 1. The predicted molar refractivity (Wildman–Crippen MR) is 113 cm³/mol. The lowest BCUT2D eigenvalue weighted by Gasteiger charge is -2.17. The third-order valence-corrected chi connectivity index (χ3v) is 4.43. The van der Waals surface area contributed by atoms with Crippen LogP contribution in [0.1, 0.15) is 18.9 Å². The van der Waals surface area contributed by atoms with Crippen LogP contribution in [0.15, 0.2) is 42.7 Å². The number of fused-ring (bicyclic) bond motifs is 1. The lowest BCUT2D eigenvalue weighted by molar-refractivity contribution is 0.347. The van der Waals surface area contributed by atoms with Crippen LogP contribution in [0, 0.1) is 18.2 Å². The van der Waals surface area contributed by atoms with Crippen LogP contribution in [-0.2, 0) is 0 Å². The van der Waals surface area contributed by atoms with Crippen LogP contribution >= 0.6 is 0 Å². The number of likely N-dealkylation sites (N-methyl/N-ethyl adjacent to an activating group) is 1. The second kappa shape index (κ2) is 9.16. The largest absolute Gasteiger partial charge is 0.381 e. The van der Waals surface area contributed by atoms with Crippen molar-refractivity contribution in [3.8, 4) is 12.3 Å². The molecule has 0 amide bonds. The van der Waals surface area contributed by atoms with Crippen molar-refractivity contribution < 1.29 is 4.39 Å². The molecule has 0 fully saturated rings. The lowest BCUT2D eigenvalue weighted by Crippen LogP contribution is -2.26. The molecule has 2 aromatic carbocycles. The maximum Gasteiger partial charge on any atom is 0.147 e. The Morgan fingerprint density at radius 2 is 2.04 bits per heavy atom. The normalized spacial score (nSPS) is 10.8. The first-order valence-electron chi connectivity index (χ1n) is 9.31. The van der Waals surface area contributed by atoms with Gasteiger partial charge < -0.3 is 15.5 Å². The fourth-order valence-corrected chi connectivity index (χ4v) is 3.01. The fraction of sp³-hybridized carbons (Fsp3) is 0.273. The third-order valence-electron chi connectivity index (χ3n) is 4.43. The number of benzene rings is 2. The number of hydrogen-bond acceptors (Lipinski definition) is 5. The molecule has 0 aliphatic carbocycles. The van der Waals surface area contributed by atoms with Crippen LogP contribution in [0.3, 0.4) is 0 Å². The van der Waals surface area contributed by atoms with E-state index in [-0.39, 0.29) is 5.82 Å². The number of hydrogen-bond donors (Lipinski definition) is 2. The Morgan fingerprint density at radius 3 is 2.82 bits per heavy atom. The van der Waals surface area contributed by atoms with E-state index in [1.165, 1.54) is 12.4 Å². The molecular weight excluding hydrogens is 353 g/mol. The number of anilines is 3. The van der Waals surface area contributed by atoms with Gasteiger partial charge in [0.2, 0.25) is 0 Å². The van der Waals surface area contributed by atoms with Crippen LogP contribution in [0.5, 0.6) is 0 Å². The van der Waals surface area contributed by atoms with Crippen molar-refractivity contribution in [2.45, 2.75) is 13.3 Å². The van der Waals surface area contributed by atoms with Gasteiger partial charge in [-0.05, 0) is 50.3 Å².